The Bertz CT molecular complexity index is 908. The van der Waals surface area contributed by atoms with E-state index in [0.717, 1.165) is 0 Å². The van der Waals surface area contributed by atoms with E-state index in [9.17, 15) is 19.2 Å². The van der Waals surface area contributed by atoms with Gasteiger partial charge in [-0.05, 0) is 55.0 Å². The zero-order chi connectivity index (χ0) is 22.6. The van der Waals surface area contributed by atoms with Gasteiger partial charge in [-0.1, -0.05) is 0 Å². The molecule has 9 nitrogen and oxygen atoms in total. The van der Waals surface area contributed by atoms with Crippen molar-refractivity contribution in [3.8, 4) is 5.75 Å². The molecule has 0 saturated carbocycles. The molecule has 2 rings (SSSR count). The van der Waals surface area contributed by atoms with E-state index in [1.54, 1.807) is 43.5 Å². The predicted molar refractivity (Wildman–Crippen MR) is 113 cm³/mol. The molecular formula is C22H24N2O7. The van der Waals surface area contributed by atoms with Gasteiger partial charge in [-0.2, -0.15) is 0 Å². The first kappa shape index (κ1) is 23.4. The number of carbonyl (C=O) groups excluding carboxylic acids is 4. The molecule has 0 heterocycles. The Morgan fingerprint density at radius 3 is 1.94 bits per heavy atom. The minimum atomic E-state index is -0.569. The highest BCUT2D eigenvalue weighted by molar-refractivity contribution is 5.94. The number of amides is 2. The van der Waals surface area contributed by atoms with E-state index in [2.05, 4.69) is 15.4 Å². The van der Waals surface area contributed by atoms with E-state index in [1.165, 1.54) is 19.2 Å². The molecule has 9 heteroatoms. The lowest BCUT2D eigenvalue weighted by Gasteiger charge is -2.08. The lowest BCUT2D eigenvalue weighted by Crippen LogP contribution is -2.21. The Hall–Kier alpha value is -3.88. The largest absolute Gasteiger partial charge is 0.497 e. The summed E-state index contributed by atoms with van der Waals surface area (Å²) in [4.78, 5) is 46.9. The third kappa shape index (κ3) is 8.17. The topological polar surface area (TPSA) is 120 Å². The number of rotatable bonds is 10. The fraction of sp³-hybridized carbons (Fsp3) is 0.273. The molecule has 0 fully saturated rings. The van der Waals surface area contributed by atoms with Crippen LogP contribution in [-0.4, -0.2) is 44.6 Å². The number of carbonyl (C=O) groups is 4. The van der Waals surface area contributed by atoms with Crippen LogP contribution in [0, 0.1) is 0 Å². The predicted octanol–water partition coefficient (Wildman–Crippen LogP) is 2.77. The fourth-order valence-corrected chi connectivity index (χ4v) is 2.51. The van der Waals surface area contributed by atoms with Crippen molar-refractivity contribution < 1.29 is 33.4 Å². The first-order valence-corrected chi connectivity index (χ1v) is 9.49. The zero-order valence-corrected chi connectivity index (χ0v) is 17.3. The van der Waals surface area contributed by atoms with Crippen molar-refractivity contribution in [1.82, 2.24) is 0 Å². The van der Waals surface area contributed by atoms with Gasteiger partial charge in [0.1, 0.15) is 5.75 Å². The van der Waals surface area contributed by atoms with Crippen molar-refractivity contribution in [2.75, 3.05) is 31.5 Å². The van der Waals surface area contributed by atoms with Gasteiger partial charge in [0.2, 0.25) is 5.91 Å². The average Bonchev–Trinajstić information content (AvgIpc) is 2.78. The number of esters is 2. The summed E-state index contributed by atoms with van der Waals surface area (Å²) in [5.74, 6) is -1.12. The van der Waals surface area contributed by atoms with Gasteiger partial charge in [0, 0.05) is 24.2 Å². The summed E-state index contributed by atoms with van der Waals surface area (Å²) in [7, 11) is 2.83. The second-order valence-electron chi connectivity index (χ2n) is 6.41. The molecule has 0 unspecified atom stereocenters. The van der Waals surface area contributed by atoms with Gasteiger partial charge in [0.15, 0.2) is 6.61 Å². The molecule has 0 saturated heterocycles. The van der Waals surface area contributed by atoms with E-state index in [4.69, 9.17) is 9.47 Å². The summed E-state index contributed by atoms with van der Waals surface area (Å²) in [6.07, 6.45) is 0.376. The Morgan fingerprint density at radius 1 is 0.774 bits per heavy atom. The van der Waals surface area contributed by atoms with E-state index in [-0.39, 0.29) is 25.2 Å². The van der Waals surface area contributed by atoms with Gasteiger partial charge in [-0.3, -0.25) is 14.4 Å². The minimum absolute atomic E-state index is 0.00448. The third-order valence-electron chi connectivity index (χ3n) is 4.11. The molecule has 164 valence electrons. The van der Waals surface area contributed by atoms with Crippen molar-refractivity contribution in [2.45, 2.75) is 19.3 Å². The quantitative estimate of drug-likeness (QED) is 0.558. The van der Waals surface area contributed by atoms with Crippen LogP contribution in [0.3, 0.4) is 0 Å². The molecule has 0 bridgehead atoms. The molecule has 0 radical (unpaired) electrons. The average molecular weight is 428 g/mol. The van der Waals surface area contributed by atoms with Gasteiger partial charge in [0.25, 0.3) is 5.91 Å². The normalized spacial score (nSPS) is 10.0. The Kier molecular flexibility index (Phi) is 9.03. The van der Waals surface area contributed by atoms with Crippen LogP contribution in [0.15, 0.2) is 48.5 Å². The standard InChI is InChI=1S/C22H24N2O7/c1-29-18-12-10-17(11-13-18)24-20(26)14-31-21(27)5-3-4-19(25)23-16-8-6-15(7-9-16)22(28)30-2/h6-13H,3-5,14H2,1-2H3,(H,23,25)(H,24,26). The minimum Gasteiger partial charge on any atom is -0.497 e. The van der Waals surface area contributed by atoms with Gasteiger partial charge in [0.05, 0.1) is 19.8 Å². The van der Waals surface area contributed by atoms with Gasteiger partial charge < -0.3 is 24.8 Å². The van der Waals surface area contributed by atoms with Crippen LogP contribution in [0.2, 0.25) is 0 Å². The van der Waals surface area contributed by atoms with E-state index >= 15 is 0 Å². The first-order chi connectivity index (χ1) is 14.9. The second kappa shape index (κ2) is 12.0. The SMILES string of the molecule is COC(=O)c1ccc(NC(=O)CCCC(=O)OCC(=O)Nc2ccc(OC)cc2)cc1. The number of anilines is 2. The smallest absolute Gasteiger partial charge is 0.337 e. The van der Waals surface area contributed by atoms with Crippen molar-refractivity contribution in [3.05, 3.63) is 54.1 Å². The molecule has 2 aromatic carbocycles. The van der Waals surface area contributed by atoms with Crippen molar-refractivity contribution in [3.63, 3.8) is 0 Å². The monoisotopic (exact) mass is 428 g/mol. The second-order valence-corrected chi connectivity index (χ2v) is 6.41. The molecular weight excluding hydrogens is 404 g/mol. The number of nitrogens with one attached hydrogen (secondary N) is 2. The van der Waals surface area contributed by atoms with Crippen molar-refractivity contribution >= 4 is 35.1 Å². The third-order valence-corrected chi connectivity index (χ3v) is 4.11. The van der Waals surface area contributed by atoms with Crippen LogP contribution in [0.25, 0.3) is 0 Å². The van der Waals surface area contributed by atoms with Crippen molar-refractivity contribution in [1.29, 1.82) is 0 Å². The molecule has 0 aliphatic rings. The number of hydrogen-bond acceptors (Lipinski definition) is 7. The summed E-state index contributed by atoms with van der Waals surface area (Å²) in [5, 5.41) is 5.27. The van der Waals surface area contributed by atoms with Gasteiger partial charge in [-0.25, -0.2) is 4.79 Å². The summed E-state index contributed by atoms with van der Waals surface area (Å²) in [6.45, 7) is -0.413. The maximum absolute atomic E-state index is 12.0. The van der Waals surface area contributed by atoms with E-state index < -0.39 is 24.5 Å². The molecule has 0 aliphatic heterocycles. The summed E-state index contributed by atoms with van der Waals surface area (Å²) in [5.41, 5.74) is 1.45. The number of methoxy groups -OCH3 is 2. The number of ether oxygens (including phenoxy) is 3. The highest BCUT2D eigenvalue weighted by Crippen LogP contribution is 2.15. The molecule has 2 aromatic rings. The summed E-state index contributed by atoms with van der Waals surface area (Å²) < 4.78 is 14.6. The Labute approximate surface area is 179 Å². The van der Waals surface area contributed by atoms with Gasteiger partial charge in [-0.15, -0.1) is 0 Å². The number of hydrogen-bond donors (Lipinski definition) is 2. The van der Waals surface area contributed by atoms with Crippen LogP contribution in [0.1, 0.15) is 29.6 Å². The molecule has 2 N–H and O–H groups in total. The highest BCUT2D eigenvalue weighted by Gasteiger charge is 2.10. The van der Waals surface area contributed by atoms with Gasteiger partial charge >= 0.3 is 11.9 Å². The molecule has 2 amide bonds. The molecule has 0 aromatic heterocycles. The maximum atomic E-state index is 12.0. The van der Waals surface area contributed by atoms with E-state index in [0.29, 0.717) is 22.7 Å². The summed E-state index contributed by atoms with van der Waals surface area (Å²) in [6, 6.07) is 13.0. The lowest BCUT2D eigenvalue weighted by molar-refractivity contribution is -0.147. The van der Waals surface area contributed by atoms with Crippen LogP contribution < -0.4 is 15.4 Å². The summed E-state index contributed by atoms with van der Waals surface area (Å²) >= 11 is 0. The van der Waals surface area contributed by atoms with Crippen LogP contribution >= 0.6 is 0 Å². The molecule has 0 atom stereocenters. The molecule has 31 heavy (non-hydrogen) atoms. The van der Waals surface area contributed by atoms with Crippen LogP contribution in [0.5, 0.6) is 5.75 Å². The fourth-order valence-electron chi connectivity index (χ4n) is 2.51. The Morgan fingerprint density at radius 2 is 1.35 bits per heavy atom. The zero-order valence-electron chi connectivity index (χ0n) is 17.3. The highest BCUT2D eigenvalue weighted by atomic mass is 16.5. The molecule has 0 aliphatic carbocycles. The van der Waals surface area contributed by atoms with Crippen LogP contribution in [-0.2, 0) is 23.9 Å². The lowest BCUT2D eigenvalue weighted by atomic mass is 10.2. The number of benzene rings is 2. The maximum Gasteiger partial charge on any atom is 0.337 e. The Balaban J connectivity index is 1.63. The van der Waals surface area contributed by atoms with E-state index in [1.807, 2.05) is 0 Å². The van der Waals surface area contributed by atoms with Crippen LogP contribution in [0.4, 0.5) is 11.4 Å². The molecule has 0 spiro atoms. The van der Waals surface area contributed by atoms with Crippen molar-refractivity contribution in [2.24, 2.45) is 0 Å². The first-order valence-electron chi connectivity index (χ1n) is 9.49.